The lowest BCUT2D eigenvalue weighted by Crippen LogP contribution is -2.22. The highest BCUT2D eigenvalue weighted by molar-refractivity contribution is 9.10. The Labute approximate surface area is 164 Å². The van der Waals surface area contributed by atoms with Gasteiger partial charge in [-0.2, -0.15) is 13.2 Å². The second-order valence-corrected chi connectivity index (χ2v) is 8.77. The minimum atomic E-state index is -4.18. The van der Waals surface area contributed by atoms with Gasteiger partial charge in [-0.15, -0.1) is 5.10 Å². The van der Waals surface area contributed by atoms with E-state index in [9.17, 15) is 13.2 Å². The maximum Gasteiger partial charge on any atom is 0.395 e. The number of nitrogens with one attached hydrogen (secondary N) is 1. The van der Waals surface area contributed by atoms with Crippen LogP contribution in [0.5, 0.6) is 0 Å². The van der Waals surface area contributed by atoms with Crippen LogP contribution in [-0.2, 0) is 6.54 Å². The average Bonchev–Trinajstić information content (AvgIpc) is 2.96. The van der Waals surface area contributed by atoms with Crippen LogP contribution in [0.25, 0.3) is 11.0 Å². The normalized spacial score (nSPS) is 18.0. The molecule has 1 aliphatic rings. The van der Waals surface area contributed by atoms with Crippen LogP contribution < -0.4 is 5.32 Å². The van der Waals surface area contributed by atoms with Crippen molar-refractivity contribution in [2.75, 3.05) is 11.9 Å². The summed E-state index contributed by atoms with van der Waals surface area (Å²) in [5.74, 6) is -1.39. The summed E-state index contributed by atoms with van der Waals surface area (Å²) < 4.78 is 40.8. The molecule has 27 heavy (non-hydrogen) atoms. The lowest BCUT2D eigenvalue weighted by Gasteiger charge is -2.19. The Morgan fingerprint density at radius 1 is 1.26 bits per heavy atom. The third-order valence-electron chi connectivity index (χ3n) is 4.33. The molecule has 146 valence electrons. The molecule has 1 heterocycles. The Balaban J connectivity index is 1.71. The van der Waals surface area contributed by atoms with Gasteiger partial charge in [0.25, 0.3) is 0 Å². The number of fused-ring (bicyclic) bond motifs is 1. The Hall–Kier alpha value is -1.83. The number of allylic oxidation sites excluding steroid dienone is 2. The zero-order valence-electron chi connectivity index (χ0n) is 15.4. The molecule has 1 aliphatic carbocycles. The summed E-state index contributed by atoms with van der Waals surface area (Å²) >= 11 is 3.57. The molecule has 0 saturated heterocycles. The molecule has 1 N–H and O–H groups in total. The number of anilines is 1. The van der Waals surface area contributed by atoms with Gasteiger partial charge in [0, 0.05) is 13.1 Å². The third kappa shape index (κ3) is 4.72. The molecule has 0 bridgehead atoms. The number of hydrogen-bond acceptors (Lipinski definition) is 3. The summed E-state index contributed by atoms with van der Waals surface area (Å²) in [7, 11) is 0. The second kappa shape index (κ2) is 7.30. The van der Waals surface area contributed by atoms with Crippen molar-refractivity contribution in [3.8, 4) is 0 Å². The SMILES string of the molecule is CC(C)(C)Cn1nnc2c(Br)c(NCC3=CCC(C(F)(F)F)C=C3)ccc21. The van der Waals surface area contributed by atoms with Crippen molar-refractivity contribution < 1.29 is 13.2 Å². The monoisotopic (exact) mass is 442 g/mol. The minimum Gasteiger partial charge on any atom is -0.380 e. The van der Waals surface area contributed by atoms with Gasteiger partial charge in [-0.05, 0) is 45.5 Å². The van der Waals surface area contributed by atoms with Crippen molar-refractivity contribution in [2.45, 2.75) is 39.9 Å². The number of halogens is 4. The van der Waals surface area contributed by atoms with Gasteiger partial charge in [0.15, 0.2) is 0 Å². The van der Waals surface area contributed by atoms with Crippen LogP contribution in [0.1, 0.15) is 27.2 Å². The molecule has 3 rings (SSSR count). The van der Waals surface area contributed by atoms with Crippen molar-refractivity contribution in [2.24, 2.45) is 11.3 Å². The summed E-state index contributed by atoms with van der Waals surface area (Å²) in [4.78, 5) is 0. The lowest BCUT2D eigenvalue weighted by molar-refractivity contribution is -0.160. The number of rotatable bonds is 4. The maximum atomic E-state index is 12.7. The zero-order valence-corrected chi connectivity index (χ0v) is 17.0. The maximum absolute atomic E-state index is 12.7. The van der Waals surface area contributed by atoms with Crippen molar-refractivity contribution in [3.05, 3.63) is 40.4 Å². The fourth-order valence-electron chi connectivity index (χ4n) is 2.94. The van der Waals surface area contributed by atoms with Crippen LogP contribution in [0.15, 0.2) is 40.4 Å². The predicted molar refractivity (Wildman–Crippen MR) is 105 cm³/mol. The third-order valence-corrected chi connectivity index (χ3v) is 5.13. The van der Waals surface area contributed by atoms with Crippen LogP contribution in [0.2, 0.25) is 0 Å². The van der Waals surface area contributed by atoms with Crippen molar-refractivity contribution in [1.29, 1.82) is 0 Å². The van der Waals surface area contributed by atoms with Crippen LogP contribution >= 0.6 is 15.9 Å². The van der Waals surface area contributed by atoms with E-state index >= 15 is 0 Å². The van der Waals surface area contributed by atoms with E-state index < -0.39 is 12.1 Å². The number of hydrogen-bond donors (Lipinski definition) is 1. The molecule has 2 aromatic rings. The highest BCUT2D eigenvalue weighted by Crippen LogP contribution is 2.34. The molecule has 0 saturated carbocycles. The first-order valence-corrected chi connectivity index (χ1v) is 9.53. The number of nitrogens with zero attached hydrogens (tertiary/aromatic N) is 3. The van der Waals surface area contributed by atoms with Crippen LogP contribution in [-0.4, -0.2) is 27.7 Å². The molecule has 0 radical (unpaired) electrons. The molecule has 0 amide bonds. The Morgan fingerprint density at radius 3 is 2.59 bits per heavy atom. The van der Waals surface area contributed by atoms with Gasteiger partial charge >= 0.3 is 6.18 Å². The number of alkyl halides is 3. The van der Waals surface area contributed by atoms with Gasteiger partial charge in [-0.3, -0.25) is 0 Å². The standard InChI is InChI=1S/C19H22BrF3N4/c1-18(2,3)11-27-15-9-8-14(16(20)17(15)25-26-27)24-10-12-4-6-13(7-5-12)19(21,22)23/h4-6,8-9,13,24H,7,10-11H2,1-3H3. The highest BCUT2D eigenvalue weighted by Gasteiger charge is 2.37. The van der Waals surface area contributed by atoms with Crippen LogP contribution in [0.3, 0.4) is 0 Å². The summed E-state index contributed by atoms with van der Waals surface area (Å²) in [6, 6.07) is 3.89. The molecule has 0 spiro atoms. The van der Waals surface area contributed by atoms with Gasteiger partial charge in [-0.1, -0.05) is 44.2 Å². The topological polar surface area (TPSA) is 42.7 Å². The zero-order chi connectivity index (χ0) is 19.8. The first-order chi connectivity index (χ1) is 12.5. The van der Waals surface area contributed by atoms with Gasteiger partial charge in [-0.25, -0.2) is 4.68 Å². The van der Waals surface area contributed by atoms with Crippen molar-refractivity contribution >= 4 is 32.7 Å². The molecule has 0 aliphatic heterocycles. The molecule has 1 aromatic heterocycles. The van der Waals surface area contributed by atoms with E-state index in [4.69, 9.17) is 0 Å². The fraction of sp³-hybridized carbons (Fsp3) is 0.474. The molecular weight excluding hydrogens is 421 g/mol. The molecule has 1 atom stereocenters. The van der Waals surface area contributed by atoms with E-state index in [1.54, 1.807) is 12.2 Å². The van der Waals surface area contributed by atoms with Crippen LogP contribution in [0, 0.1) is 11.3 Å². The van der Waals surface area contributed by atoms with E-state index in [-0.39, 0.29) is 11.8 Å². The van der Waals surface area contributed by atoms with Gasteiger partial charge in [0.2, 0.25) is 0 Å². The molecule has 8 heteroatoms. The smallest absolute Gasteiger partial charge is 0.380 e. The van der Waals surface area contributed by atoms with Gasteiger partial charge < -0.3 is 5.32 Å². The van der Waals surface area contributed by atoms with Gasteiger partial charge in [0.1, 0.15) is 5.52 Å². The summed E-state index contributed by atoms with van der Waals surface area (Å²) in [6.45, 7) is 7.61. The Bertz CT molecular complexity index is 891. The lowest BCUT2D eigenvalue weighted by atomic mass is 9.96. The largest absolute Gasteiger partial charge is 0.395 e. The molecule has 4 nitrogen and oxygen atoms in total. The number of aromatic nitrogens is 3. The highest BCUT2D eigenvalue weighted by atomic mass is 79.9. The molecular formula is C19H22BrF3N4. The second-order valence-electron chi connectivity index (χ2n) is 7.98. The van der Waals surface area contributed by atoms with Crippen LogP contribution in [0.4, 0.5) is 18.9 Å². The molecule has 1 aromatic carbocycles. The molecule has 1 unspecified atom stereocenters. The Morgan fingerprint density at radius 2 is 2.00 bits per heavy atom. The first-order valence-electron chi connectivity index (χ1n) is 8.74. The fourth-order valence-corrected chi connectivity index (χ4v) is 3.50. The van der Waals surface area contributed by atoms with E-state index in [0.717, 1.165) is 33.3 Å². The number of benzene rings is 1. The van der Waals surface area contributed by atoms with E-state index in [1.807, 2.05) is 16.8 Å². The summed E-state index contributed by atoms with van der Waals surface area (Å²) in [5, 5.41) is 11.8. The minimum absolute atomic E-state index is 0.0155. The quantitative estimate of drug-likeness (QED) is 0.658. The Kier molecular flexibility index (Phi) is 5.38. The first kappa shape index (κ1) is 19.9. The average molecular weight is 443 g/mol. The van der Waals surface area contributed by atoms with Crippen molar-refractivity contribution in [3.63, 3.8) is 0 Å². The molecule has 0 fully saturated rings. The predicted octanol–water partition coefficient (Wildman–Crippen LogP) is 5.72. The summed E-state index contributed by atoms with van der Waals surface area (Å²) in [6.07, 6.45) is 0.211. The van der Waals surface area contributed by atoms with E-state index in [2.05, 4.69) is 52.3 Å². The van der Waals surface area contributed by atoms with E-state index in [0.29, 0.717) is 6.54 Å². The van der Waals surface area contributed by atoms with Crippen molar-refractivity contribution in [1.82, 2.24) is 15.0 Å². The van der Waals surface area contributed by atoms with E-state index in [1.165, 1.54) is 6.08 Å². The van der Waals surface area contributed by atoms with Gasteiger partial charge in [0.05, 0.1) is 21.6 Å². The summed E-state index contributed by atoms with van der Waals surface area (Å²) in [5.41, 5.74) is 3.44.